The van der Waals surface area contributed by atoms with Gasteiger partial charge in [0.15, 0.2) is 18.7 Å². The first-order chi connectivity index (χ1) is 45.8. The maximum absolute atomic E-state index is 14.3. The fourth-order valence-corrected chi connectivity index (χ4v) is 13.2. The van der Waals surface area contributed by atoms with Crippen LogP contribution >= 0.6 is 7.82 Å². The molecule has 0 amide bonds. The van der Waals surface area contributed by atoms with Crippen molar-refractivity contribution in [3.05, 3.63) is 12.2 Å². The number of unbranched alkanes of at least 4 members (excludes halogenated alkanes) is 34. The molecule has 2 saturated heterocycles. The summed E-state index contributed by atoms with van der Waals surface area (Å²) < 4.78 is 64.9. The van der Waals surface area contributed by atoms with Crippen molar-refractivity contribution >= 4 is 25.7 Å². The van der Waals surface area contributed by atoms with Gasteiger partial charge in [-0.15, -0.1) is 0 Å². The lowest BCUT2D eigenvalue weighted by Gasteiger charge is -2.49. The van der Waals surface area contributed by atoms with E-state index in [1.807, 2.05) is 0 Å². The number of hydrogen-bond donors (Lipinski definition) is 11. The summed E-state index contributed by atoms with van der Waals surface area (Å²) in [5.41, 5.74) is 0. The Labute approximate surface area is 567 Å². The summed E-state index contributed by atoms with van der Waals surface area (Å²) in [6.45, 7) is 3.41. The molecule has 2 aliphatic heterocycles. The second-order valence-electron chi connectivity index (χ2n) is 26.7. The fourth-order valence-electron chi connectivity index (χ4n) is 12.2. The monoisotopic (exact) mass is 1380 g/mol. The van der Waals surface area contributed by atoms with Gasteiger partial charge in [-0.25, -0.2) is 4.57 Å². The number of phosphoric acid groups is 1. The molecule has 1 aliphatic carbocycles. The van der Waals surface area contributed by atoms with Crippen molar-refractivity contribution in [2.45, 2.75) is 388 Å². The quantitative estimate of drug-likeness (QED) is 0.00887. The number of carbonyl (C=O) groups excluding carboxylic acids is 3. The normalized spacial score (nSPS) is 28.1. The molecular weight excluding hydrogens is 1260 g/mol. The lowest BCUT2D eigenvalue weighted by molar-refractivity contribution is -0.360. The number of rotatable bonds is 57. The molecule has 1 saturated carbocycles. The molecule has 25 heteroatoms. The van der Waals surface area contributed by atoms with E-state index < -0.39 is 156 Å². The summed E-state index contributed by atoms with van der Waals surface area (Å²) >= 11 is 0. The van der Waals surface area contributed by atoms with Crippen LogP contribution in [0.4, 0.5) is 0 Å². The Balaban J connectivity index is 1.74. The number of carbonyl (C=O) groups is 3. The van der Waals surface area contributed by atoms with Crippen molar-refractivity contribution in [2.75, 3.05) is 26.4 Å². The molecule has 24 nitrogen and oxygen atoms in total. The van der Waals surface area contributed by atoms with Gasteiger partial charge in [-0.2, -0.15) is 0 Å². The van der Waals surface area contributed by atoms with E-state index in [9.17, 15) is 74.9 Å². The second-order valence-corrected chi connectivity index (χ2v) is 28.1. The van der Waals surface area contributed by atoms with Crippen LogP contribution in [0.2, 0.25) is 0 Å². The van der Waals surface area contributed by atoms with Crippen LogP contribution in [0.5, 0.6) is 0 Å². The highest BCUT2D eigenvalue weighted by molar-refractivity contribution is 7.47. The van der Waals surface area contributed by atoms with Gasteiger partial charge < -0.3 is 89.1 Å². The summed E-state index contributed by atoms with van der Waals surface area (Å²) in [6.07, 6.45) is 10.1. The van der Waals surface area contributed by atoms with E-state index in [4.69, 9.17) is 42.2 Å². The molecule has 11 N–H and O–H groups in total. The molecule has 0 bridgehead atoms. The Morgan fingerprint density at radius 2 is 0.737 bits per heavy atom. The minimum Gasteiger partial charge on any atom is -0.463 e. The highest BCUT2D eigenvalue weighted by Gasteiger charge is 2.58. The first-order valence-electron chi connectivity index (χ1n) is 37.0. The number of aliphatic hydroxyl groups is 10. The second kappa shape index (κ2) is 52.6. The largest absolute Gasteiger partial charge is 0.472 e. The first kappa shape index (κ1) is 86.9. The van der Waals surface area contributed by atoms with Gasteiger partial charge in [0.2, 0.25) is 0 Å². The first-order valence-corrected chi connectivity index (χ1v) is 38.5. The van der Waals surface area contributed by atoms with Crippen molar-refractivity contribution in [1.29, 1.82) is 0 Å². The predicted octanol–water partition coefficient (Wildman–Crippen LogP) is 9.57. The van der Waals surface area contributed by atoms with Gasteiger partial charge in [-0.05, 0) is 44.9 Å². The summed E-state index contributed by atoms with van der Waals surface area (Å²) in [5.74, 6) is -2.00. The van der Waals surface area contributed by atoms with Gasteiger partial charge in [-0.3, -0.25) is 23.4 Å². The predicted molar refractivity (Wildman–Crippen MR) is 356 cm³/mol. The average Bonchev–Trinajstić information content (AvgIpc) is 0.763. The Bertz CT molecular complexity index is 2020. The van der Waals surface area contributed by atoms with Gasteiger partial charge in [0.1, 0.15) is 98.7 Å². The van der Waals surface area contributed by atoms with Crippen molar-refractivity contribution in [3.63, 3.8) is 0 Å². The summed E-state index contributed by atoms with van der Waals surface area (Å²) in [4.78, 5) is 50.9. The SMILES string of the molecule is CCCCCCCCC/C=C\CCCCCC(=O)OCC(COP(=O)(O)OC1C(OC2OC(CO)C(O)C(O)C2O)C(O)C(O)C(O)C1OC1OC(COC(=O)CCCCCCCCCCCCCCCCC)C(O)C(O)C1O)OC(=O)CCCCCCCCCCCCC. The molecule has 3 aliphatic rings. The molecule has 0 spiro atoms. The molecule has 3 fully saturated rings. The highest BCUT2D eigenvalue weighted by atomic mass is 31.2. The topological polar surface area (TPSA) is 374 Å². The van der Waals surface area contributed by atoms with E-state index in [0.29, 0.717) is 19.3 Å². The van der Waals surface area contributed by atoms with Crippen LogP contribution in [0.1, 0.15) is 284 Å². The van der Waals surface area contributed by atoms with Gasteiger partial charge in [0, 0.05) is 19.3 Å². The Morgan fingerprint density at radius 1 is 0.400 bits per heavy atom. The lowest BCUT2D eigenvalue weighted by Crippen LogP contribution is -2.69. The maximum atomic E-state index is 14.3. The number of aliphatic hydroxyl groups excluding tert-OH is 10. The minimum atomic E-state index is -5.69. The summed E-state index contributed by atoms with van der Waals surface area (Å²) in [6, 6.07) is 0. The number of phosphoric ester groups is 1. The van der Waals surface area contributed by atoms with Crippen LogP contribution in [0.15, 0.2) is 12.2 Å². The third-order valence-corrected chi connectivity index (χ3v) is 19.3. The molecule has 18 unspecified atom stereocenters. The van der Waals surface area contributed by atoms with Crippen molar-refractivity contribution in [2.24, 2.45) is 0 Å². The van der Waals surface area contributed by atoms with Crippen LogP contribution in [0.25, 0.3) is 0 Å². The van der Waals surface area contributed by atoms with Crippen LogP contribution in [0, 0.1) is 0 Å². The van der Waals surface area contributed by atoms with E-state index in [2.05, 4.69) is 32.9 Å². The Morgan fingerprint density at radius 3 is 1.15 bits per heavy atom. The minimum absolute atomic E-state index is 0.0277. The van der Waals surface area contributed by atoms with Crippen molar-refractivity contribution < 1.29 is 117 Å². The lowest BCUT2D eigenvalue weighted by atomic mass is 9.84. The van der Waals surface area contributed by atoms with Crippen molar-refractivity contribution in [3.8, 4) is 0 Å². The number of hydrogen-bond acceptors (Lipinski definition) is 23. The fraction of sp³-hybridized carbons (Fsp3) is 0.929. The van der Waals surface area contributed by atoms with E-state index in [-0.39, 0.29) is 19.3 Å². The summed E-state index contributed by atoms with van der Waals surface area (Å²) in [7, 11) is -5.69. The third-order valence-electron chi connectivity index (χ3n) is 18.3. The Hall–Kier alpha value is -2.30. The zero-order valence-corrected chi connectivity index (χ0v) is 58.9. The van der Waals surface area contributed by atoms with E-state index >= 15 is 0 Å². The standard InChI is InChI=1S/C70H129O24P/c1-4-7-10-13-16-19-22-24-26-28-31-33-36-39-42-45-55(73)87-50-53-58(76)60(78)65(83)70(91-53)93-67-63(81)61(79)62(80)66(92-69-64(82)59(77)57(75)52(47-71)90-69)68(67)94-95(84,85)88-49-51(89-56(74)46-43-40-37-34-29-21-18-15-12-9-6-3)48-86-54(72)44-41-38-35-32-30-27-25-23-20-17-14-11-8-5-2/h27,30,51-53,57-71,75-83H,4-26,28-29,31-50H2,1-3H3,(H,84,85)/b30-27-. The van der Waals surface area contributed by atoms with Gasteiger partial charge in [0.05, 0.1) is 13.2 Å². The molecule has 0 aromatic heterocycles. The van der Waals surface area contributed by atoms with Crippen LogP contribution < -0.4 is 0 Å². The number of allylic oxidation sites excluding steroid dienone is 2. The molecule has 0 aromatic rings. The van der Waals surface area contributed by atoms with Gasteiger partial charge in [0.25, 0.3) is 0 Å². The van der Waals surface area contributed by atoms with E-state index in [1.165, 1.54) is 128 Å². The zero-order valence-electron chi connectivity index (χ0n) is 58.0. The average molecular weight is 1390 g/mol. The molecule has 18 atom stereocenters. The van der Waals surface area contributed by atoms with Crippen LogP contribution in [0.3, 0.4) is 0 Å². The Kier molecular flexibility index (Phi) is 48.2. The van der Waals surface area contributed by atoms with Gasteiger partial charge in [-0.1, -0.05) is 232 Å². The molecular formula is C70H129O24P. The number of ether oxygens (including phenoxy) is 7. The molecule has 3 rings (SSSR count). The van der Waals surface area contributed by atoms with Crippen LogP contribution in [-0.4, -0.2) is 204 Å². The molecule has 0 radical (unpaired) electrons. The van der Waals surface area contributed by atoms with E-state index in [0.717, 1.165) is 96.3 Å². The zero-order chi connectivity index (χ0) is 69.6. The maximum Gasteiger partial charge on any atom is 0.472 e. The van der Waals surface area contributed by atoms with Crippen LogP contribution in [-0.2, 0) is 61.2 Å². The molecule has 2 heterocycles. The van der Waals surface area contributed by atoms with Crippen molar-refractivity contribution in [1.82, 2.24) is 0 Å². The smallest absolute Gasteiger partial charge is 0.463 e. The molecule has 558 valence electrons. The molecule has 0 aromatic carbocycles. The van der Waals surface area contributed by atoms with E-state index in [1.54, 1.807) is 0 Å². The number of esters is 3. The van der Waals surface area contributed by atoms with Gasteiger partial charge >= 0.3 is 25.7 Å². The third kappa shape index (κ3) is 36.2. The molecule has 95 heavy (non-hydrogen) atoms. The summed E-state index contributed by atoms with van der Waals surface area (Å²) in [5, 5.41) is 110. The highest BCUT2D eigenvalue weighted by Crippen LogP contribution is 2.49.